The predicted molar refractivity (Wildman–Crippen MR) is 74.1 cm³/mol. The maximum absolute atomic E-state index is 11.1. The summed E-state index contributed by atoms with van der Waals surface area (Å²) >= 11 is 0. The van der Waals surface area contributed by atoms with Gasteiger partial charge in [-0.05, 0) is 25.0 Å². The Morgan fingerprint density at radius 3 is 2.45 bits per heavy atom. The maximum atomic E-state index is 11.1. The van der Waals surface area contributed by atoms with Crippen LogP contribution in [0.2, 0.25) is 0 Å². The van der Waals surface area contributed by atoms with Crippen LogP contribution in [0.1, 0.15) is 37.0 Å². The van der Waals surface area contributed by atoms with Crippen molar-refractivity contribution in [2.24, 2.45) is 0 Å². The Balaban J connectivity index is 3.10. The van der Waals surface area contributed by atoms with Crippen molar-refractivity contribution < 1.29 is 19.9 Å². The van der Waals surface area contributed by atoms with Crippen LogP contribution in [-0.4, -0.2) is 33.3 Å². The molecule has 0 unspecified atom stereocenters. The molecule has 0 aliphatic rings. The number of aromatic carboxylic acids is 1. The number of aliphatic hydroxyl groups is 1. The molecule has 110 valence electrons. The number of nitro groups is 1. The minimum Gasteiger partial charge on any atom is -0.477 e. The number of nitro benzene ring substituents is 1. The highest BCUT2D eigenvalue weighted by molar-refractivity contribution is 5.95. The van der Waals surface area contributed by atoms with Gasteiger partial charge in [0.15, 0.2) is 0 Å². The van der Waals surface area contributed by atoms with Gasteiger partial charge >= 0.3 is 11.7 Å². The number of nitrogens with one attached hydrogen (secondary N) is 1. The van der Waals surface area contributed by atoms with Gasteiger partial charge in [-0.1, -0.05) is 19.9 Å². The molecule has 3 N–H and O–H groups in total. The van der Waals surface area contributed by atoms with Gasteiger partial charge in [-0.25, -0.2) is 4.79 Å². The molecule has 1 aromatic rings. The third kappa shape index (κ3) is 3.45. The van der Waals surface area contributed by atoms with Crippen molar-refractivity contribution in [3.05, 3.63) is 33.9 Å². The van der Waals surface area contributed by atoms with E-state index in [9.17, 15) is 20.0 Å². The van der Waals surface area contributed by atoms with E-state index in [2.05, 4.69) is 5.32 Å². The van der Waals surface area contributed by atoms with Gasteiger partial charge in [0, 0.05) is 6.54 Å². The fraction of sp³-hybridized carbons (Fsp3) is 0.462. The van der Waals surface area contributed by atoms with Crippen LogP contribution in [0.4, 0.5) is 11.4 Å². The number of nitrogens with zero attached hydrogens (tertiary/aromatic N) is 1. The summed E-state index contributed by atoms with van der Waals surface area (Å²) in [4.78, 5) is 21.3. The molecular weight excluding hydrogens is 264 g/mol. The molecule has 0 spiro atoms. The summed E-state index contributed by atoms with van der Waals surface area (Å²) in [5.41, 5.74) is -1.76. The highest BCUT2D eigenvalue weighted by Crippen LogP contribution is 2.29. The Bertz CT molecular complexity index is 511. The highest BCUT2D eigenvalue weighted by atomic mass is 16.6. The maximum Gasteiger partial charge on any atom is 0.342 e. The molecule has 0 aliphatic heterocycles. The number of carboxylic acid groups (broad SMARTS) is 1. The first-order valence-corrected chi connectivity index (χ1v) is 6.31. The average Bonchev–Trinajstić information content (AvgIpc) is 2.44. The smallest absolute Gasteiger partial charge is 0.342 e. The molecule has 0 saturated heterocycles. The lowest BCUT2D eigenvalue weighted by atomic mass is 9.97. The van der Waals surface area contributed by atoms with Crippen molar-refractivity contribution >= 4 is 17.3 Å². The van der Waals surface area contributed by atoms with Crippen LogP contribution in [0, 0.1) is 10.1 Å². The average molecular weight is 282 g/mol. The number of carbonyl (C=O) groups is 1. The fourth-order valence-electron chi connectivity index (χ4n) is 1.82. The lowest BCUT2D eigenvalue weighted by Crippen LogP contribution is -2.35. The largest absolute Gasteiger partial charge is 0.477 e. The predicted octanol–water partition coefficient (Wildman–Crippen LogP) is 2.26. The van der Waals surface area contributed by atoms with Crippen molar-refractivity contribution in [3.63, 3.8) is 0 Å². The van der Waals surface area contributed by atoms with Crippen LogP contribution < -0.4 is 5.32 Å². The Hall–Kier alpha value is -2.15. The highest BCUT2D eigenvalue weighted by Gasteiger charge is 2.27. The summed E-state index contributed by atoms with van der Waals surface area (Å²) in [6.07, 6.45) is 0.978. The molecule has 0 aliphatic carbocycles. The van der Waals surface area contributed by atoms with E-state index in [-0.39, 0.29) is 17.8 Å². The van der Waals surface area contributed by atoms with Crippen LogP contribution in [0.15, 0.2) is 18.2 Å². The second kappa shape index (κ2) is 6.33. The number of rotatable bonds is 7. The van der Waals surface area contributed by atoms with E-state index >= 15 is 0 Å². The van der Waals surface area contributed by atoms with Crippen LogP contribution in [0.5, 0.6) is 0 Å². The van der Waals surface area contributed by atoms with Gasteiger partial charge in [0.2, 0.25) is 0 Å². The second-order valence-corrected chi connectivity index (χ2v) is 4.55. The van der Waals surface area contributed by atoms with Crippen LogP contribution >= 0.6 is 0 Å². The number of carboxylic acids is 1. The van der Waals surface area contributed by atoms with E-state index in [1.165, 1.54) is 18.2 Å². The second-order valence-electron chi connectivity index (χ2n) is 4.55. The molecule has 1 rings (SSSR count). The van der Waals surface area contributed by atoms with Gasteiger partial charge < -0.3 is 15.5 Å². The molecule has 0 saturated carbocycles. The molecule has 20 heavy (non-hydrogen) atoms. The molecule has 0 radical (unpaired) electrons. The van der Waals surface area contributed by atoms with Crippen LogP contribution in [-0.2, 0) is 0 Å². The van der Waals surface area contributed by atoms with E-state index in [1.807, 2.05) is 13.8 Å². The van der Waals surface area contributed by atoms with Gasteiger partial charge in [0.05, 0.1) is 10.5 Å². The number of para-hydroxylation sites is 1. The topological polar surface area (TPSA) is 113 Å². The molecule has 7 nitrogen and oxygen atoms in total. The summed E-state index contributed by atoms with van der Waals surface area (Å²) in [6, 6.07) is 4.03. The van der Waals surface area contributed by atoms with Crippen molar-refractivity contribution in [1.29, 1.82) is 0 Å². The molecule has 0 atom stereocenters. The summed E-state index contributed by atoms with van der Waals surface area (Å²) in [7, 11) is 0. The fourth-order valence-corrected chi connectivity index (χ4v) is 1.82. The molecule has 0 amide bonds. The normalized spacial score (nSPS) is 11.2. The lowest BCUT2D eigenvalue weighted by molar-refractivity contribution is -0.384. The minimum absolute atomic E-state index is 0.0928. The molecule has 7 heteroatoms. The van der Waals surface area contributed by atoms with Crippen molar-refractivity contribution in [1.82, 2.24) is 0 Å². The number of hydrogen-bond donors (Lipinski definition) is 3. The Morgan fingerprint density at radius 1 is 1.40 bits per heavy atom. The van der Waals surface area contributed by atoms with Gasteiger partial charge in [-0.15, -0.1) is 0 Å². The summed E-state index contributed by atoms with van der Waals surface area (Å²) in [5.74, 6) is -1.36. The molecule has 0 heterocycles. The van der Waals surface area contributed by atoms with E-state index in [4.69, 9.17) is 5.11 Å². The van der Waals surface area contributed by atoms with Crippen molar-refractivity contribution in [3.8, 4) is 0 Å². The van der Waals surface area contributed by atoms with E-state index in [0.717, 1.165) is 0 Å². The van der Waals surface area contributed by atoms with Gasteiger partial charge in [-0.3, -0.25) is 10.1 Å². The zero-order valence-electron chi connectivity index (χ0n) is 11.4. The SMILES string of the molecule is CCC(O)(CC)CNc1cccc(C(=O)O)c1[N+](=O)[O-]. The Kier molecular flexibility index (Phi) is 5.04. The molecule has 0 bridgehead atoms. The van der Waals surface area contributed by atoms with Gasteiger partial charge in [-0.2, -0.15) is 0 Å². The van der Waals surface area contributed by atoms with Crippen LogP contribution in [0.3, 0.4) is 0 Å². The molecular formula is C13H18N2O5. The zero-order valence-corrected chi connectivity index (χ0v) is 11.4. The first kappa shape index (κ1) is 15.9. The third-order valence-corrected chi connectivity index (χ3v) is 3.37. The third-order valence-electron chi connectivity index (χ3n) is 3.37. The number of hydrogen-bond acceptors (Lipinski definition) is 5. The number of anilines is 1. The minimum atomic E-state index is -1.36. The summed E-state index contributed by atoms with van der Waals surface area (Å²) < 4.78 is 0. The summed E-state index contributed by atoms with van der Waals surface area (Å²) in [6.45, 7) is 3.74. The molecule has 0 fully saturated rings. The first-order valence-electron chi connectivity index (χ1n) is 6.31. The van der Waals surface area contributed by atoms with E-state index in [1.54, 1.807) is 0 Å². The first-order chi connectivity index (χ1) is 9.34. The van der Waals surface area contributed by atoms with Crippen LogP contribution in [0.25, 0.3) is 0 Å². The summed E-state index contributed by atoms with van der Waals surface area (Å²) in [5, 5.41) is 33.0. The number of benzene rings is 1. The zero-order chi connectivity index (χ0) is 15.3. The van der Waals surface area contributed by atoms with E-state index < -0.39 is 22.2 Å². The van der Waals surface area contributed by atoms with Gasteiger partial charge in [0.25, 0.3) is 0 Å². The van der Waals surface area contributed by atoms with Crippen molar-refractivity contribution in [2.45, 2.75) is 32.3 Å². The van der Waals surface area contributed by atoms with E-state index in [0.29, 0.717) is 12.8 Å². The lowest BCUT2D eigenvalue weighted by Gasteiger charge is -2.25. The Morgan fingerprint density at radius 2 is 2.00 bits per heavy atom. The molecule has 0 aromatic heterocycles. The standard InChI is InChI=1S/C13H18N2O5/c1-3-13(18,4-2)8-14-10-7-5-6-9(12(16)17)11(10)15(19)20/h5-7,14,18H,3-4,8H2,1-2H3,(H,16,17). The monoisotopic (exact) mass is 282 g/mol. The van der Waals surface area contributed by atoms with Crippen molar-refractivity contribution in [2.75, 3.05) is 11.9 Å². The van der Waals surface area contributed by atoms with Gasteiger partial charge in [0.1, 0.15) is 11.3 Å². The Labute approximate surface area is 116 Å². The molecule has 1 aromatic carbocycles. The quantitative estimate of drug-likeness (QED) is 0.522.